The fraction of sp³-hybridized carbons (Fsp3) is 0.650. The third-order valence-corrected chi connectivity index (χ3v) is 6.32. The van der Waals surface area contributed by atoms with E-state index >= 15 is 0 Å². The summed E-state index contributed by atoms with van der Waals surface area (Å²) in [5.41, 5.74) is 0.817. The lowest BCUT2D eigenvalue weighted by molar-refractivity contribution is -0.144. The molecule has 5 nitrogen and oxygen atoms in total. The quantitative estimate of drug-likeness (QED) is 0.875. The number of nitrogens with one attached hydrogen (secondary N) is 1. The van der Waals surface area contributed by atoms with Crippen LogP contribution >= 0.6 is 12.4 Å². The third kappa shape index (κ3) is 3.05. The van der Waals surface area contributed by atoms with Crippen molar-refractivity contribution in [2.24, 2.45) is 5.41 Å². The summed E-state index contributed by atoms with van der Waals surface area (Å²) in [6.07, 6.45) is 5.10. The summed E-state index contributed by atoms with van der Waals surface area (Å²) in [6, 6.07) is 6.81. The van der Waals surface area contributed by atoms with E-state index in [-0.39, 0.29) is 17.8 Å². The number of halogens is 1. The highest BCUT2D eigenvalue weighted by atomic mass is 35.5. The number of nitrogens with zero attached hydrogens (tertiary/aromatic N) is 1. The summed E-state index contributed by atoms with van der Waals surface area (Å²) in [5, 5.41) is 3.66. The van der Waals surface area contributed by atoms with Gasteiger partial charge in [0.1, 0.15) is 0 Å². The lowest BCUT2D eigenvalue weighted by Gasteiger charge is -2.39. The fourth-order valence-electron chi connectivity index (χ4n) is 4.99. The van der Waals surface area contributed by atoms with Crippen molar-refractivity contribution in [3.63, 3.8) is 0 Å². The van der Waals surface area contributed by atoms with E-state index in [9.17, 15) is 4.79 Å². The molecule has 1 N–H and O–H groups in total. The molecule has 0 spiro atoms. The van der Waals surface area contributed by atoms with Gasteiger partial charge in [-0.3, -0.25) is 4.79 Å². The zero-order valence-corrected chi connectivity index (χ0v) is 16.4. The van der Waals surface area contributed by atoms with Crippen molar-refractivity contribution in [2.45, 2.75) is 57.7 Å². The Morgan fingerprint density at radius 2 is 2.27 bits per heavy atom. The first kappa shape index (κ1) is 19.3. The molecule has 0 unspecified atom stereocenters. The number of para-hydroxylation sites is 1. The molecule has 1 aromatic carbocycles. The SMILES string of the molecule is CC[C@@]1(C(=O)N2CCCOc3c(cccc3OC)C2)C[C@@H]2CC[C@H]1N2.Cl. The normalized spacial score (nSPS) is 29.8. The highest BCUT2D eigenvalue weighted by molar-refractivity contribution is 5.85. The van der Waals surface area contributed by atoms with E-state index in [1.165, 1.54) is 6.42 Å². The molecule has 1 amide bonds. The standard InChI is InChI=1S/C20H28N2O3.ClH/c1-3-20(12-15-8-9-17(20)21-15)19(23)22-10-5-11-25-18-14(13-22)6-4-7-16(18)24-2;/h4,6-7,15,17,21H,3,5,8-13H2,1-2H3;1H/t15-,17+,20+;/m0./s1. The molecule has 4 rings (SSSR count). The maximum Gasteiger partial charge on any atom is 0.230 e. The summed E-state index contributed by atoms with van der Waals surface area (Å²) in [6.45, 7) is 4.14. The first-order valence-corrected chi connectivity index (χ1v) is 9.52. The molecule has 0 aromatic heterocycles. The number of rotatable bonds is 3. The molecule has 3 heterocycles. The van der Waals surface area contributed by atoms with Crippen molar-refractivity contribution in [3.8, 4) is 11.5 Å². The summed E-state index contributed by atoms with van der Waals surface area (Å²) < 4.78 is 11.4. The fourth-order valence-corrected chi connectivity index (χ4v) is 4.99. The van der Waals surface area contributed by atoms with Crippen molar-refractivity contribution in [2.75, 3.05) is 20.3 Å². The summed E-state index contributed by atoms with van der Waals surface area (Å²) in [5.74, 6) is 1.86. The molecule has 3 aliphatic heterocycles. The number of benzene rings is 1. The lowest BCUT2D eigenvalue weighted by Crippen LogP contribution is -2.50. The van der Waals surface area contributed by atoms with Crippen molar-refractivity contribution >= 4 is 18.3 Å². The smallest absolute Gasteiger partial charge is 0.230 e. The molecule has 3 aliphatic rings. The van der Waals surface area contributed by atoms with Gasteiger partial charge < -0.3 is 19.7 Å². The molecule has 0 aliphatic carbocycles. The van der Waals surface area contributed by atoms with E-state index in [0.717, 1.165) is 49.3 Å². The molecule has 0 saturated carbocycles. The molecule has 2 saturated heterocycles. The number of amides is 1. The Balaban J connectivity index is 0.00000196. The van der Waals surface area contributed by atoms with E-state index in [4.69, 9.17) is 9.47 Å². The average Bonchev–Trinajstić information content (AvgIpc) is 3.23. The van der Waals surface area contributed by atoms with Crippen LogP contribution in [0.15, 0.2) is 18.2 Å². The highest BCUT2D eigenvalue weighted by Crippen LogP contribution is 2.47. The second kappa shape index (κ2) is 7.65. The number of ether oxygens (including phenoxy) is 2. The van der Waals surface area contributed by atoms with Gasteiger partial charge in [0.05, 0.1) is 19.1 Å². The topological polar surface area (TPSA) is 50.8 Å². The largest absolute Gasteiger partial charge is 0.493 e. The Morgan fingerprint density at radius 1 is 1.42 bits per heavy atom. The average molecular weight is 381 g/mol. The van der Waals surface area contributed by atoms with Gasteiger partial charge in [-0.2, -0.15) is 0 Å². The highest BCUT2D eigenvalue weighted by Gasteiger charge is 2.55. The molecule has 2 fully saturated rings. The van der Waals surface area contributed by atoms with Gasteiger partial charge in [0.25, 0.3) is 0 Å². The van der Waals surface area contributed by atoms with Crippen LogP contribution in [0.2, 0.25) is 0 Å². The van der Waals surface area contributed by atoms with Crippen LogP contribution in [0.5, 0.6) is 11.5 Å². The predicted molar refractivity (Wildman–Crippen MR) is 103 cm³/mol. The van der Waals surface area contributed by atoms with Gasteiger partial charge in [-0.25, -0.2) is 0 Å². The molecule has 26 heavy (non-hydrogen) atoms. The number of carbonyl (C=O) groups excluding carboxylic acids is 1. The molecular formula is C20H29ClN2O3. The van der Waals surface area contributed by atoms with Gasteiger partial charge in [0.2, 0.25) is 5.91 Å². The van der Waals surface area contributed by atoms with Crippen LogP contribution in [0.1, 0.15) is 44.6 Å². The van der Waals surface area contributed by atoms with Crippen molar-refractivity contribution in [3.05, 3.63) is 23.8 Å². The molecular weight excluding hydrogens is 352 g/mol. The molecule has 6 heteroatoms. The van der Waals surface area contributed by atoms with Crippen LogP contribution in [0.3, 0.4) is 0 Å². The number of hydrogen-bond acceptors (Lipinski definition) is 4. The maximum atomic E-state index is 13.6. The third-order valence-electron chi connectivity index (χ3n) is 6.32. The summed E-state index contributed by atoms with van der Waals surface area (Å²) in [4.78, 5) is 15.6. The monoisotopic (exact) mass is 380 g/mol. The van der Waals surface area contributed by atoms with Gasteiger partial charge in [-0.15, -0.1) is 12.4 Å². The number of carbonyl (C=O) groups is 1. The van der Waals surface area contributed by atoms with Crippen LogP contribution < -0.4 is 14.8 Å². The zero-order chi connectivity index (χ0) is 17.4. The summed E-state index contributed by atoms with van der Waals surface area (Å²) in [7, 11) is 1.66. The van der Waals surface area contributed by atoms with Gasteiger partial charge in [0, 0.05) is 30.7 Å². The van der Waals surface area contributed by atoms with E-state index in [1.54, 1.807) is 7.11 Å². The maximum absolute atomic E-state index is 13.6. The lowest BCUT2D eigenvalue weighted by atomic mass is 9.70. The summed E-state index contributed by atoms with van der Waals surface area (Å²) >= 11 is 0. The van der Waals surface area contributed by atoms with Gasteiger partial charge >= 0.3 is 0 Å². The Morgan fingerprint density at radius 3 is 2.92 bits per heavy atom. The first-order chi connectivity index (χ1) is 12.2. The van der Waals surface area contributed by atoms with Crippen LogP contribution in [-0.4, -0.2) is 43.2 Å². The molecule has 144 valence electrons. The second-order valence-corrected chi connectivity index (χ2v) is 7.58. The zero-order valence-electron chi connectivity index (χ0n) is 15.6. The van der Waals surface area contributed by atoms with Crippen LogP contribution in [0.4, 0.5) is 0 Å². The minimum Gasteiger partial charge on any atom is -0.493 e. The van der Waals surface area contributed by atoms with Crippen molar-refractivity contribution in [1.29, 1.82) is 0 Å². The van der Waals surface area contributed by atoms with Crippen molar-refractivity contribution in [1.82, 2.24) is 10.2 Å². The minimum atomic E-state index is -0.220. The Labute approximate surface area is 161 Å². The Bertz CT molecular complexity index is 668. The van der Waals surface area contributed by atoms with Crippen LogP contribution in [-0.2, 0) is 11.3 Å². The van der Waals surface area contributed by atoms with E-state index < -0.39 is 0 Å². The van der Waals surface area contributed by atoms with Crippen LogP contribution in [0.25, 0.3) is 0 Å². The van der Waals surface area contributed by atoms with Crippen molar-refractivity contribution < 1.29 is 14.3 Å². The Kier molecular flexibility index (Phi) is 5.68. The number of methoxy groups -OCH3 is 1. The predicted octanol–water partition coefficient (Wildman–Crippen LogP) is 3.15. The van der Waals surface area contributed by atoms with Gasteiger partial charge in [-0.1, -0.05) is 19.1 Å². The van der Waals surface area contributed by atoms with E-state index in [2.05, 4.69) is 17.1 Å². The number of hydrogen-bond donors (Lipinski definition) is 1. The molecule has 1 aromatic rings. The molecule has 3 atom stereocenters. The molecule has 0 radical (unpaired) electrons. The second-order valence-electron chi connectivity index (χ2n) is 7.58. The van der Waals surface area contributed by atoms with Gasteiger partial charge in [-0.05, 0) is 38.2 Å². The van der Waals surface area contributed by atoms with Crippen LogP contribution in [0, 0.1) is 5.41 Å². The molecule has 2 bridgehead atoms. The Hall–Kier alpha value is -1.46. The van der Waals surface area contributed by atoms with E-state index in [0.29, 0.717) is 31.1 Å². The first-order valence-electron chi connectivity index (χ1n) is 9.52. The van der Waals surface area contributed by atoms with E-state index in [1.807, 2.05) is 18.2 Å². The number of fused-ring (bicyclic) bond motifs is 3. The van der Waals surface area contributed by atoms with Gasteiger partial charge in [0.15, 0.2) is 11.5 Å². The minimum absolute atomic E-state index is 0.